The lowest BCUT2D eigenvalue weighted by molar-refractivity contribution is -0.127. The molecule has 0 saturated carbocycles. The molecular weight excluding hydrogens is 316 g/mol. The third-order valence-electron chi connectivity index (χ3n) is 4.38. The van der Waals surface area contributed by atoms with Crippen LogP contribution in [0.2, 0.25) is 0 Å². The Morgan fingerprint density at radius 3 is 2.88 bits per heavy atom. The fourth-order valence-corrected chi connectivity index (χ4v) is 3.12. The van der Waals surface area contributed by atoms with Gasteiger partial charge in [0.1, 0.15) is 12.4 Å². The van der Waals surface area contributed by atoms with Gasteiger partial charge in [-0.3, -0.25) is 9.59 Å². The Hall–Kier alpha value is -2.76. The minimum Gasteiger partial charge on any atom is -0.353 e. The van der Waals surface area contributed by atoms with Crippen molar-refractivity contribution in [2.24, 2.45) is 0 Å². The largest absolute Gasteiger partial charge is 0.353 e. The number of aryl methyl sites for hydroxylation is 1. The highest BCUT2D eigenvalue weighted by Crippen LogP contribution is 2.17. The summed E-state index contributed by atoms with van der Waals surface area (Å²) in [6.45, 7) is 3.00. The standard InChI is InChI=1S/C19H22N4O2/c1-2-6-16-15(12-20-13-22-16)19(25)23-10-9-21-18(24)17(23)11-14-7-4-3-5-8-14/h3-5,7-8,12-13,17H,2,6,9-11H2,1H3,(H,21,24). The highest BCUT2D eigenvalue weighted by molar-refractivity contribution is 5.98. The van der Waals surface area contributed by atoms with Crippen molar-refractivity contribution in [2.75, 3.05) is 13.1 Å². The number of hydrogen-bond donors (Lipinski definition) is 1. The first-order valence-corrected chi connectivity index (χ1v) is 8.62. The predicted octanol–water partition coefficient (Wildman–Crippen LogP) is 1.61. The van der Waals surface area contributed by atoms with Gasteiger partial charge in [0.25, 0.3) is 5.91 Å². The van der Waals surface area contributed by atoms with Gasteiger partial charge in [-0.1, -0.05) is 43.7 Å². The molecule has 1 aliphatic heterocycles. The lowest BCUT2D eigenvalue weighted by atomic mass is 10.0. The number of amides is 2. The minimum absolute atomic E-state index is 0.114. The van der Waals surface area contributed by atoms with Gasteiger partial charge < -0.3 is 10.2 Å². The Morgan fingerprint density at radius 2 is 2.12 bits per heavy atom. The molecule has 25 heavy (non-hydrogen) atoms. The van der Waals surface area contributed by atoms with Gasteiger partial charge in [0.05, 0.1) is 11.3 Å². The molecule has 2 aromatic rings. The molecule has 2 heterocycles. The minimum atomic E-state index is -0.515. The summed E-state index contributed by atoms with van der Waals surface area (Å²) in [5.74, 6) is -0.280. The molecule has 1 atom stereocenters. The summed E-state index contributed by atoms with van der Waals surface area (Å²) in [4.78, 5) is 35.4. The second kappa shape index (κ2) is 7.88. The Kier molecular flexibility index (Phi) is 5.38. The van der Waals surface area contributed by atoms with Crippen LogP contribution in [0.25, 0.3) is 0 Å². The molecule has 1 aromatic carbocycles. The van der Waals surface area contributed by atoms with Gasteiger partial charge in [-0.25, -0.2) is 9.97 Å². The molecule has 2 amide bonds. The molecule has 6 heteroatoms. The van der Waals surface area contributed by atoms with E-state index in [2.05, 4.69) is 15.3 Å². The van der Waals surface area contributed by atoms with Crippen LogP contribution in [0, 0.1) is 0 Å². The van der Waals surface area contributed by atoms with E-state index in [-0.39, 0.29) is 11.8 Å². The van der Waals surface area contributed by atoms with Crippen LogP contribution in [0.5, 0.6) is 0 Å². The van der Waals surface area contributed by atoms with E-state index in [1.165, 1.54) is 6.33 Å². The van der Waals surface area contributed by atoms with Gasteiger partial charge in [-0.15, -0.1) is 0 Å². The molecule has 0 radical (unpaired) electrons. The summed E-state index contributed by atoms with van der Waals surface area (Å²) in [6.07, 6.45) is 5.13. The van der Waals surface area contributed by atoms with Gasteiger partial charge in [-0.2, -0.15) is 0 Å². The van der Waals surface area contributed by atoms with Crippen molar-refractivity contribution in [3.63, 3.8) is 0 Å². The smallest absolute Gasteiger partial charge is 0.258 e. The summed E-state index contributed by atoms with van der Waals surface area (Å²) >= 11 is 0. The topological polar surface area (TPSA) is 75.2 Å². The maximum absolute atomic E-state index is 13.1. The molecule has 6 nitrogen and oxygen atoms in total. The van der Waals surface area contributed by atoms with E-state index in [9.17, 15) is 9.59 Å². The van der Waals surface area contributed by atoms with Crippen LogP contribution in [0.1, 0.15) is 35.0 Å². The molecule has 130 valence electrons. The zero-order chi connectivity index (χ0) is 17.6. The summed E-state index contributed by atoms with van der Waals surface area (Å²) in [5.41, 5.74) is 2.27. The molecule has 1 saturated heterocycles. The van der Waals surface area contributed by atoms with Crippen LogP contribution in [0.4, 0.5) is 0 Å². The van der Waals surface area contributed by atoms with E-state index < -0.39 is 6.04 Å². The number of nitrogens with one attached hydrogen (secondary N) is 1. The number of benzene rings is 1. The van der Waals surface area contributed by atoms with E-state index in [0.717, 1.165) is 17.7 Å². The number of hydrogen-bond acceptors (Lipinski definition) is 4. The van der Waals surface area contributed by atoms with Crippen LogP contribution in [-0.2, 0) is 17.6 Å². The fourth-order valence-electron chi connectivity index (χ4n) is 3.12. The van der Waals surface area contributed by atoms with Crippen LogP contribution in [-0.4, -0.2) is 45.8 Å². The second-order valence-electron chi connectivity index (χ2n) is 6.13. The number of rotatable bonds is 5. The number of carbonyl (C=O) groups is 2. The summed E-state index contributed by atoms with van der Waals surface area (Å²) in [7, 11) is 0. The molecule has 0 spiro atoms. The first-order chi connectivity index (χ1) is 12.2. The molecule has 0 aliphatic carbocycles. The van der Waals surface area contributed by atoms with E-state index in [0.29, 0.717) is 31.5 Å². The Bertz CT molecular complexity index is 748. The van der Waals surface area contributed by atoms with E-state index >= 15 is 0 Å². The zero-order valence-electron chi connectivity index (χ0n) is 14.3. The van der Waals surface area contributed by atoms with E-state index in [1.807, 2.05) is 37.3 Å². The van der Waals surface area contributed by atoms with Gasteiger partial charge in [0.15, 0.2) is 0 Å². The average molecular weight is 338 g/mol. The third kappa shape index (κ3) is 3.84. The Balaban J connectivity index is 1.87. The quantitative estimate of drug-likeness (QED) is 0.899. The SMILES string of the molecule is CCCc1ncncc1C(=O)N1CCNC(=O)C1Cc1ccccc1. The second-order valence-corrected chi connectivity index (χ2v) is 6.13. The molecular formula is C19H22N4O2. The van der Waals surface area contributed by atoms with Gasteiger partial charge >= 0.3 is 0 Å². The van der Waals surface area contributed by atoms with Crippen molar-refractivity contribution in [3.05, 3.63) is 59.7 Å². The van der Waals surface area contributed by atoms with Crippen LogP contribution in [0.15, 0.2) is 42.9 Å². The summed E-state index contributed by atoms with van der Waals surface area (Å²) < 4.78 is 0. The summed E-state index contributed by atoms with van der Waals surface area (Å²) in [5, 5.41) is 2.86. The predicted molar refractivity (Wildman–Crippen MR) is 94.0 cm³/mol. The van der Waals surface area contributed by atoms with Crippen molar-refractivity contribution >= 4 is 11.8 Å². The highest BCUT2D eigenvalue weighted by atomic mass is 16.2. The molecule has 1 aromatic heterocycles. The third-order valence-corrected chi connectivity index (χ3v) is 4.38. The fraction of sp³-hybridized carbons (Fsp3) is 0.368. The number of carbonyl (C=O) groups excluding carboxylic acids is 2. The van der Waals surface area contributed by atoms with Gasteiger partial charge in [-0.05, 0) is 12.0 Å². The molecule has 0 bridgehead atoms. The normalized spacial score (nSPS) is 17.2. The maximum Gasteiger partial charge on any atom is 0.258 e. The zero-order valence-corrected chi connectivity index (χ0v) is 14.3. The lowest BCUT2D eigenvalue weighted by Crippen LogP contribution is -2.58. The van der Waals surface area contributed by atoms with Gasteiger partial charge in [0, 0.05) is 25.7 Å². The van der Waals surface area contributed by atoms with Crippen molar-refractivity contribution in [1.29, 1.82) is 0 Å². The summed E-state index contributed by atoms with van der Waals surface area (Å²) in [6, 6.07) is 9.24. The average Bonchev–Trinajstić information content (AvgIpc) is 2.64. The Labute approximate surface area is 147 Å². The number of aromatic nitrogens is 2. The van der Waals surface area contributed by atoms with E-state index in [1.54, 1.807) is 11.1 Å². The van der Waals surface area contributed by atoms with Crippen LogP contribution < -0.4 is 5.32 Å². The molecule has 3 rings (SSSR count). The first kappa shape index (κ1) is 17.1. The van der Waals surface area contributed by atoms with Crippen molar-refractivity contribution in [1.82, 2.24) is 20.2 Å². The number of nitrogens with zero attached hydrogens (tertiary/aromatic N) is 3. The van der Waals surface area contributed by atoms with Crippen molar-refractivity contribution < 1.29 is 9.59 Å². The molecule has 1 N–H and O–H groups in total. The lowest BCUT2D eigenvalue weighted by Gasteiger charge is -2.35. The van der Waals surface area contributed by atoms with Gasteiger partial charge in [0.2, 0.25) is 5.91 Å². The van der Waals surface area contributed by atoms with E-state index in [4.69, 9.17) is 0 Å². The number of piperazine rings is 1. The first-order valence-electron chi connectivity index (χ1n) is 8.62. The molecule has 1 unspecified atom stereocenters. The molecule has 1 aliphatic rings. The van der Waals surface area contributed by atoms with Crippen LogP contribution in [0.3, 0.4) is 0 Å². The highest BCUT2D eigenvalue weighted by Gasteiger charge is 2.34. The maximum atomic E-state index is 13.1. The molecule has 1 fully saturated rings. The monoisotopic (exact) mass is 338 g/mol. The van der Waals surface area contributed by atoms with Crippen LogP contribution >= 0.6 is 0 Å². The van der Waals surface area contributed by atoms with Crippen molar-refractivity contribution in [3.8, 4) is 0 Å². The van der Waals surface area contributed by atoms with Crippen molar-refractivity contribution in [2.45, 2.75) is 32.2 Å². The Morgan fingerprint density at radius 1 is 1.32 bits per heavy atom.